The molecule has 0 aliphatic heterocycles. The zero-order valence-electron chi connectivity index (χ0n) is 13.8. The Morgan fingerprint density at radius 1 is 1.16 bits per heavy atom. The summed E-state index contributed by atoms with van der Waals surface area (Å²) < 4.78 is 8.29. The number of para-hydroxylation sites is 1. The molecule has 0 N–H and O–H groups in total. The molecule has 0 aliphatic rings. The number of rotatable bonds is 6. The number of benzene rings is 2. The summed E-state index contributed by atoms with van der Waals surface area (Å²) in [6, 6.07) is 16.9. The van der Waals surface area contributed by atoms with Gasteiger partial charge in [0.25, 0.3) is 5.91 Å². The van der Waals surface area contributed by atoms with Crippen LogP contribution in [0.2, 0.25) is 0 Å². The van der Waals surface area contributed by atoms with Gasteiger partial charge in [-0.1, -0.05) is 18.2 Å². The molecule has 1 amide bonds. The number of carbonyl (C=O) groups is 1. The lowest BCUT2D eigenvalue weighted by Crippen LogP contribution is -2.30. The fourth-order valence-corrected chi connectivity index (χ4v) is 2.62. The van der Waals surface area contributed by atoms with E-state index in [0.29, 0.717) is 18.7 Å². The van der Waals surface area contributed by atoms with E-state index in [1.807, 2.05) is 60.8 Å². The number of halogens is 1. The smallest absolute Gasteiger partial charge is 0.253 e. The Kier molecular flexibility index (Phi) is 5.50. The van der Waals surface area contributed by atoms with E-state index < -0.39 is 0 Å². The Balaban J connectivity index is 1.56. The normalized spacial score (nSPS) is 10.5. The number of hydrogen-bond acceptors (Lipinski definition) is 3. The SMILES string of the molecule is CN(CCOc1ccccc1)C(=O)c1ccc(-n2cc(Br)cn2)cc1. The maximum Gasteiger partial charge on any atom is 0.253 e. The van der Waals surface area contributed by atoms with Crippen LogP contribution in [0.5, 0.6) is 5.75 Å². The van der Waals surface area contributed by atoms with Crippen molar-refractivity contribution in [2.24, 2.45) is 0 Å². The number of amides is 1. The first-order chi connectivity index (χ1) is 12.1. The number of nitrogens with zero attached hydrogens (tertiary/aromatic N) is 3. The minimum atomic E-state index is -0.0372. The Labute approximate surface area is 155 Å². The molecule has 0 spiro atoms. The number of likely N-dealkylation sites (N-methyl/N-ethyl adjacent to an activating group) is 1. The van der Waals surface area contributed by atoms with Crippen molar-refractivity contribution in [3.8, 4) is 11.4 Å². The van der Waals surface area contributed by atoms with Gasteiger partial charge in [-0.25, -0.2) is 4.68 Å². The quantitative estimate of drug-likeness (QED) is 0.633. The summed E-state index contributed by atoms with van der Waals surface area (Å²) in [7, 11) is 1.77. The van der Waals surface area contributed by atoms with Crippen molar-refractivity contribution in [2.45, 2.75) is 0 Å². The van der Waals surface area contributed by atoms with Crippen molar-refractivity contribution >= 4 is 21.8 Å². The first-order valence-corrected chi connectivity index (χ1v) is 8.67. The van der Waals surface area contributed by atoms with E-state index in [1.54, 1.807) is 22.8 Å². The van der Waals surface area contributed by atoms with E-state index >= 15 is 0 Å². The molecule has 0 unspecified atom stereocenters. The standard InChI is InChI=1S/C19H18BrN3O2/c1-22(11-12-25-18-5-3-2-4-6-18)19(24)15-7-9-17(10-8-15)23-14-16(20)13-21-23/h2-10,13-14H,11-12H2,1H3. The molecule has 3 rings (SSSR count). The first-order valence-electron chi connectivity index (χ1n) is 7.87. The van der Waals surface area contributed by atoms with E-state index in [2.05, 4.69) is 21.0 Å². The molecule has 1 aromatic heterocycles. The number of ether oxygens (including phenoxy) is 1. The number of aromatic nitrogens is 2. The van der Waals surface area contributed by atoms with Crippen LogP contribution in [0.15, 0.2) is 71.5 Å². The van der Waals surface area contributed by atoms with Crippen LogP contribution in [0.1, 0.15) is 10.4 Å². The van der Waals surface area contributed by atoms with E-state index in [1.165, 1.54) is 0 Å². The van der Waals surface area contributed by atoms with Crippen molar-refractivity contribution in [1.82, 2.24) is 14.7 Å². The highest BCUT2D eigenvalue weighted by Gasteiger charge is 2.12. The lowest BCUT2D eigenvalue weighted by molar-refractivity contribution is 0.0774. The molecule has 0 saturated carbocycles. The second-order valence-electron chi connectivity index (χ2n) is 5.54. The fourth-order valence-electron chi connectivity index (χ4n) is 2.34. The van der Waals surface area contributed by atoms with Crippen LogP contribution in [-0.4, -0.2) is 40.8 Å². The van der Waals surface area contributed by atoms with Gasteiger partial charge in [0.2, 0.25) is 0 Å². The third-order valence-corrected chi connectivity index (χ3v) is 4.12. The summed E-state index contributed by atoms with van der Waals surface area (Å²) in [5.41, 5.74) is 1.54. The van der Waals surface area contributed by atoms with Crippen molar-refractivity contribution in [1.29, 1.82) is 0 Å². The lowest BCUT2D eigenvalue weighted by atomic mass is 10.2. The molecule has 0 aliphatic carbocycles. The molecular formula is C19H18BrN3O2. The van der Waals surface area contributed by atoms with Crippen molar-refractivity contribution in [3.63, 3.8) is 0 Å². The third-order valence-electron chi connectivity index (χ3n) is 3.72. The van der Waals surface area contributed by atoms with Crippen LogP contribution in [0.3, 0.4) is 0 Å². The van der Waals surface area contributed by atoms with Gasteiger partial charge in [0.1, 0.15) is 12.4 Å². The summed E-state index contributed by atoms with van der Waals surface area (Å²) in [6.07, 6.45) is 3.59. The molecule has 0 atom stereocenters. The maximum atomic E-state index is 12.5. The lowest BCUT2D eigenvalue weighted by Gasteiger charge is -2.17. The van der Waals surface area contributed by atoms with Gasteiger partial charge in [0.05, 0.1) is 22.9 Å². The highest BCUT2D eigenvalue weighted by atomic mass is 79.9. The van der Waals surface area contributed by atoms with Crippen LogP contribution in [-0.2, 0) is 0 Å². The molecule has 128 valence electrons. The average Bonchev–Trinajstić information content (AvgIpc) is 3.08. The molecule has 0 saturated heterocycles. The van der Waals surface area contributed by atoms with Gasteiger partial charge in [0.15, 0.2) is 0 Å². The van der Waals surface area contributed by atoms with Crippen LogP contribution in [0.4, 0.5) is 0 Å². The van der Waals surface area contributed by atoms with Gasteiger partial charge in [-0.3, -0.25) is 4.79 Å². The van der Waals surface area contributed by atoms with Crippen LogP contribution < -0.4 is 4.74 Å². The Morgan fingerprint density at radius 3 is 2.52 bits per heavy atom. The Hall–Kier alpha value is -2.60. The largest absolute Gasteiger partial charge is 0.492 e. The summed E-state index contributed by atoms with van der Waals surface area (Å²) in [6.45, 7) is 0.966. The second kappa shape index (κ2) is 7.98. The first kappa shape index (κ1) is 17.2. The number of hydrogen-bond donors (Lipinski definition) is 0. The summed E-state index contributed by atoms with van der Waals surface area (Å²) in [5.74, 6) is 0.767. The monoisotopic (exact) mass is 399 g/mol. The van der Waals surface area contributed by atoms with Gasteiger partial charge < -0.3 is 9.64 Å². The van der Waals surface area contributed by atoms with Gasteiger partial charge in [0, 0.05) is 18.8 Å². The van der Waals surface area contributed by atoms with E-state index in [4.69, 9.17) is 4.74 Å². The minimum absolute atomic E-state index is 0.0372. The summed E-state index contributed by atoms with van der Waals surface area (Å²) >= 11 is 3.37. The summed E-state index contributed by atoms with van der Waals surface area (Å²) in [4.78, 5) is 14.1. The van der Waals surface area contributed by atoms with Crippen molar-refractivity contribution in [3.05, 3.63) is 77.0 Å². The van der Waals surface area contributed by atoms with Gasteiger partial charge >= 0.3 is 0 Å². The maximum absolute atomic E-state index is 12.5. The fraction of sp³-hybridized carbons (Fsp3) is 0.158. The molecule has 25 heavy (non-hydrogen) atoms. The predicted molar refractivity (Wildman–Crippen MR) is 100 cm³/mol. The number of carbonyl (C=O) groups excluding carboxylic acids is 1. The molecule has 0 bridgehead atoms. The van der Waals surface area contributed by atoms with Crippen LogP contribution in [0, 0.1) is 0 Å². The molecule has 1 heterocycles. The van der Waals surface area contributed by atoms with Gasteiger partial charge in [-0.2, -0.15) is 5.10 Å². The second-order valence-corrected chi connectivity index (χ2v) is 6.45. The van der Waals surface area contributed by atoms with E-state index in [9.17, 15) is 4.79 Å². The molecule has 0 fully saturated rings. The van der Waals surface area contributed by atoms with Crippen LogP contribution >= 0.6 is 15.9 Å². The Bertz CT molecular complexity index is 831. The topological polar surface area (TPSA) is 47.4 Å². The zero-order chi connectivity index (χ0) is 17.6. The molecule has 6 heteroatoms. The van der Waals surface area contributed by atoms with E-state index in [-0.39, 0.29) is 5.91 Å². The average molecular weight is 400 g/mol. The Morgan fingerprint density at radius 2 is 1.88 bits per heavy atom. The third kappa shape index (κ3) is 4.48. The van der Waals surface area contributed by atoms with Crippen molar-refractivity contribution < 1.29 is 9.53 Å². The van der Waals surface area contributed by atoms with Gasteiger partial charge in [-0.05, 0) is 52.3 Å². The molecule has 0 radical (unpaired) electrons. The molecular weight excluding hydrogens is 382 g/mol. The zero-order valence-corrected chi connectivity index (χ0v) is 15.4. The highest BCUT2D eigenvalue weighted by molar-refractivity contribution is 9.10. The van der Waals surface area contributed by atoms with Crippen molar-refractivity contribution in [2.75, 3.05) is 20.2 Å². The molecule has 2 aromatic carbocycles. The van der Waals surface area contributed by atoms with Gasteiger partial charge in [-0.15, -0.1) is 0 Å². The molecule has 5 nitrogen and oxygen atoms in total. The molecule has 3 aromatic rings. The van der Waals surface area contributed by atoms with E-state index in [0.717, 1.165) is 15.9 Å². The highest BCUT2D eigenvalue weighted by Crippen LogP contribution is 2.14. The summed E-state index contributed by atoms with van der Waals surface area (Å²) in [5, 5.41) is 4.22. The predicted octanol–water partition coefficient (Wildman–Crippen LogP) is 3.79. The minimum Gasteiger partial charge on any atom is -0.492 e. The van der Waals surface area contributed by atoms with Crippen LogP contribution in [0.25, 0.3) is 5.69 Å².